The molecular weight excluding hydrogens is 588 g/mol. The van der Waals surface area contributed by atoms with Gasteiger partial charge in [0.2, 0.25) is 0 Å². The summed E-state index contributed by atoms with van der Waals surface area (Å²) in [6, 6.07) is 50.6. The van der Waals surface area contributed by atoms with Crippen molar-refractivity contribution in [1.82, 2.24) is 8.97 Å². The summed E-state index contributed by atoms with van der Waals surface area (Å²) in [7, 11) is 0. The predicted octanol–water partition coefficient (Wildman–Crippen LogP) is 10.2. The van der Waals surface area contributed by atoms with Crippen LogP contribution in [0.15, 0.2) is 150 Å². The van der Waals surface area contributed by atoms with Crippen molar-refractivity contribution >= 4 is 59.8 Å². The minimum absolute atomic E-state index is 0.0256. The van der Waals surface area contributed by atoms with Crippen molar-refractivity contribution in [1.29, 1.82) is 0 Å². The maximum absolute atomic E-state index is 13.7. The molecule has 11 rings (SSSR count). The van der Waals surface area contributed by atoms with Crippen LogP contribution in [-0.4, -0.2) is 14.1 Å². The molecule has 0 saturated heterocycles. The van der Waals surface area contributed by atoms with Gasteiger partial charge in [-0.1, -0.05) is 103 Å². The summed E-state index contributed by atoms with van der Waals surface area (Å²) in [5.74, 6) is 0. The van der Waals surface area contributed by atoms with Crippen LogP contribution in [0.5, 0.6) is 0 Å². The van der Waals surface area contributed by atoms with Crippen molar-refractivity contribution in [3.8, 4) is 33.4 Å². The lowest BCUT2D eigenvalue weighted by atomic mass is 9.90. The number of aromatic nitrogens is 2. The highest BCUT2D eigenvalue weighted by Gasteiger charge is 2.28. The van der Waals surface area contributed by atoms with Crippen LogP contribution < -0.4 is 5.56 Å². The SMILES string of the molecule is O=c1c2ccccc2c2cc(-c3ccc(-c4cc5c6c(c4)c4ccccc4n6C(O)c4ccccc4-5)cc3)cc3c4ccccc4n1c23. The molecule has 1 aliphatic heterocycles. The minimum Gasteiger partial charge on any atom is -0.369 e. The van der Waals surface area contributed by atoms with Crippen LogP contribution in [0.4, 0.5) is 0 Å². The Hall–Kier alpha value is -6.23. The summed E-state index contributed by atoms with van der Waals surface area (Å²) in [6.07, 6.45) is -0.733. The fourth-order valence-corrected chi connectivity index (χ4v) is 8.42. The first kappa shape index (κ1) is 25.9. The summed E-state index contributed by atoms with van der Waals surface area (Å²) in [5.41, 5.74) is 11.7. The molecular formula is C44H26N2O2. The Morgan fingerprint density at radius 1 is 0.438 bits per heavy atom. The van der Waals surface area contributed by atoms with Crippen molar-refractivity contribution in [2.45, 2.75) is 6.23 Å². The minimum atomic E-state index is -0.733. The van der Waals surface area contributed by atoms with E-state index in [0.717, 1.165) is 98.7 Å². The average Bonchev–Trinajstić information content (AvgIpc) is 3.67. The van der Waals surface area contributed by atoms with Gasteiger partial charge in [-0.05, 0) is 75.7 Å². The van der Waals surface area contributed by atoms with E-state index in [1.54, 1.807) is 0 Å². The van der Waals surface area contributed by atoms with Crippen LogP contribution in [-0.2, 0) is 0 Å². The molecule has 224 valence electrons. The zero-order valence-electron chi connectivity index (χ0n) is 25.7. The van der Waals surface area contributed by atoms with E-state index < -0.39 is 6.23 Å². The lowest BCUT2D eigenvalue weighted by molar-refractivity contribution is 0.155. The highest BCUT2D eigenvalue weighted by molar-refractivity contribution is 6.21. The highest BCUT2D eigenvalue weighted by atomic mass is 16.3. The molecule has 0 aliphatic carbocycles. The summed E-state index contributed by atoms with van der Waals surface area (Å²) in [5, 5.41) is 18.8. The number of hydrogen-bond acceptors (Lipinski definition) is 2. The van der Waals surface area contributed by atoms with Crippen molar-refractivity contribution < 1.29 is 5.11 Å². The summed E-state index contributed by atoms with van der Waals surface area (Å²) >= 11 is 0. The summed E-state index contributed by atoms with van der Waals surface area (Å²) in [4.78, 5) is 13.7. The molecule has 4 nitrogen and oxygen atoms in total. The first-order valence-corrected chi connectivity index (χ1v) is 16.3. The maximum Gasteiger partial charge on any atom is 0.263 e. The fourth-order valence-electron chi connectivity index (χ4n) is 8.42. The number of aliphatic hydroxyl groups excluding tert-OH is 1. The Kier molecular flexibility index (Phi) is 4.96. The van der Waals surface area contributed by atoms with E-state index >= 15 is 0 Å². The number of nitrogens with zero attached hydrogens (tertiary/aromatic N) is 2. The second kappa shape index (κ2) is 9.19. The standard InChI is InChI=1S/C44H26N2O2/c47-43-33-13-3-1-9-29(33)35-21-27(23-37-31-11-5-7-15-39(31)45(43)41(35)37)25-17-19-26(20-18-25)28-22-36-30-10-2-4-14-34(30)44(48)46-40-16-8-6-12-32(40)38(24-28)42(36)46/h1-24,43,47H. The van der Waals surface area contributed by atoms with E-state index in [4.69, 9.17) is 0 Å². The average molecular weight is 615 g/mol. The lowest BCUT2D eigenvalue weighted by Crippen LogP contribution is -2.15. The molecule has 0 spiro atoms. The Balaban J connectivity index is 1.12. The van der Waals surface area contributed by atoms with Crippen molar-refractivity contribution in [3.63, 3.8) is 0 Å². The number of benzene rings is 7. The van der Waals surface area contributed by atoms with Gasteiger partial charge >= 0.3 is 0 Å². The van der Waals surface area contributed by atoms with E-state index in [1.165, 1.54) is 0 Å². The van der Waals surface area contributed by atoms with Gasteiger partial charge in [0.25, 0.3) is 5.56 Å². The third-order valence-corrected chi connectivity index (χ3v) is 10.5. The van der Waals surface area contributed by atoms with E-state index in [-0.39, 0.29) is 5.56 Å². The second-order valence-electron chi connectivity index (χ2n) is 13.0. The number of hydrogen-bond donors (Lipinski definition) is 1. The molecule has 4 heteroatoms. The summed E-state index contributed by atoms with van der Waals surface area (Å²) in [6.45, 7) is 0. The zero-order valence-corrected chi connectivity index (χ0v) is 25.7. The number of rotatable bonds is 2. The van der Waals surface area contributed by atoms with Crippen molar-refractivity contribution in [2.24, 2.45) is 0 Å². The largest absolute Gasteiger partial charge is 0.369 e. The molecule has 1 atom stereocenters. The van der Waals surface area contributed by atoms with Gasteiger partial charge in [-0.25, -0.2) is 0 Å². The monoisotopic (exact) mass is 614 g/mol. The first-order valence-electron chi connectivity index (χ1n) is 16.3. The molecule has 1 N–H and O–H groups in total. The normalized spacial score (nSPS) is 14.2. The van der Waals surface area contributed by atoms with Crippen LogP contribution >= 0.6 is 0 Å². The first-order chi connectivity index (χ1) is 23.7. The van der Waals surface area contributed by atoms with Gasteiger partial charge in [0.1, 0.15) is 0 Å². The molecule has 7 aromatic carbocycles. The zero-order chi connectivity index (χ0) is 31.7. The van der Waals surface area contributed by atoms with Crippen LogP contribution in [0.1, 0.15) is 11.8 Å². The molecule has 0 bridgehead atoms. The second-order valence-corrected chi connectivity index (χ2v) is 13.0. The molecule has 1 unspecified atom stereocenters. The van der Waals surface area contributed by atoms with Gasteiger partial charge in [0.15, 0.2) is 6.23 Å². The maximum atomic E-state index is 13.7. The number of pyridine rings is 1. The van der Waals surface area contributed by atoms with Crippen LogP contribution in [0, 0.1) is 0 Å². The smallest absolute Gasteiger partial charge is 0.263 e. The Morgan fingerprint density at radius 3 is 1.69 bits per heavy atom. The van der Waals surface area contributed by atoms with Gasteiger partial charge in [0.05, 0.1) is 22.1 Å². The molecule has 48 heavy (non-hydrogen) atoms. The van der Waals surface area contributed by atoms with Gasteiger partial charge in [-0.15, -0.1) is 0 Å². The highest BCUT2D eigenvalue weighted by Crippen LogP contribution is 2.47. The molecule has 3 aromatic heterocycles. The van der Waals surface area contributed by atoms with E-state index in [2.05, 4.69) is 89.5 Å². The number of fused-ring (bicyclic) bond motifs is 10. The van der Waals surface area contributed by atoms with Crippen LogP contribution in [0.25, 0.3) is 93.2 Å². The topological polar surface area (TPSA) is 46.6 Å². The molecule has 4 heterocycles. The van der Waals surface area contributed by atoms with Gasteiger partial charge in [-0.3, -0.25) is 9.20 Å². The van der Waals surface area contributed by atoms with Crippen molar-refractivity contribution in [2.75, 3.05) is 0 Å². The molecule has 0 saturated carbocycles. The lowest BCUT2D eigenvalue weighted by Gasteiger charge is -2.26. The predicted molar refractivity (Wildman–Crippen MR) is 197 cm³/mol. The van der Waals surface area contributed by atoms with E-state index in [9.17, 15) is 9.90 Å². The molecule has 1 aliphatic rings. The molecule has 10 aromatic rings. The Bertz CT molecular complexity index is 3040. The summed E-state index contributed by atoms with van der Waals surface area (Å²) < 4.78 is 3.98. The molecule has 0 amide bonds. The van der Waals surface area contributed by atoms with E-state index in [1.807, 2.05) is 65.1 Å². The molecule has 0 fully saturated rings. The van der Waals surface area contributed by atoms with E-state index in [0.29, 0.717) is 0 Å². The van der Waals surface area contributed by atoms with Crippen molar-refractivity contribution in [3.05, 3.63) is 162 Å². The Morgan fingerprint density at radius 2 is 0.958 bits per heavy atom. The fraction of sp³-hybridized carbons (Fsp3) is 0.0227. The van der Waals surface area contributed by atoms with Gasteiger partial charge < -0.3 is 9.67 Å². The van der Waals surface area contributed by atoms with Crippen LogP contribution in [0.3, 0.4) is 0 Å². The Labute approximate surface area is 274 Å². The van der Waals surface area contributed by atoms with Gasteiger partial charge in [-0.2, -0.15) is 0 Å². The number of aliphatic hydroxyl groups is 1. The van der Waals surface area contributed by atoms with Crippen LogP contribution in [0.2, 0.25) is 0 Å². The van der Waals surface area contributed by atoms with Gasteiger partial charge in [0, 0.05) is 43.4 Å². The quantitative estimate of drug-likeness (QED) is 0.197. The molecule has 0 radical (unpaired) electrons. The number of para-hydroxylation sites is 2. The third-order valence-electron chi connectivity index (χ3n) is 10.5. The third kappa shape index (κ3) is 3.24.